The van der Waals surface area contributed by atoms with Gasteiger partial charge in [-0.3, -0.25) is 0 Å². The van der Waals surface area contributed by atoms with E-state index < -0.39 is 0 Å². The number of hydrogen-bond acceptors (Lipinski definition) is 4. The maximum atomic E-state index is 5.32. The first-order valence-electron chi connectivity index (χ1n) is 4.86. The molecule has 1 aromatic rings. The Morgan fingerprint density at radius 2 is 2.29 bits per heavy atom. The van der Waals surface area contributed by atoms with Crippen molar-refractivity contribution in [3.05, 3.63) is 4.77 Å². The first-order chi connectivity index (χ1) is 6.79. The first kappa shape index (κ1) is 9.79. The molecule has 0 bridgehead atoms. The molecule has 2 rings (SSSR count). The lowest BCUT2D eigenvalue weighted by atomic mass is 9.93. The van der Waals surface area contributed by atoms with E-state index in [1.807, 2.05) is 4.68 Å². The molecule has 1 saturated heterocycles. The summed E-state index contributed by atoms with van der Waals surface area (Å²) < 4.78 is 7.70. The van der Waals surface area contributed by atoms with Gasteiger partial charge in [-0.1, -0.05) is 10.3 Å². The fraction of sp³-hybridized carbons (Fsp3) is 0.875. The van der Waals surface area contributed by atoms with Gasteiger partial charge in [-0.15, -0.1) is 0 Å². The fourth-order valence-electron chi connectivity index (χ4n) is 1.88. The molecule has 0 amide bonds. The number of nitrogens with one attached hydrogen (secondary N) is 1. The summed E-state index contributed by atoms with van der Waals surface area (Å²) in [5.41, 5.74) is 0. The Hall–Kier alpha value is -0.750. The monoisotopic (exact) mass is 214 g/mol. The number of aromatic amines is 1. The number of ether oxygens (including phenoxy) is 1. The molecule has 5 nitrogen and oxygen atoms in total. The lowest BCUT2D eigenvalue weighted by molar-refractivity contribution is 0.0490. The van der Waals surface area contributed by atoms with Gasteiger partial charge in [0.15, 0.2) is 0 Å². The Bertz CT molecular complexity index is 341. The lowest BCUT2D eigenvalue weighted by Gasteiger charge is -2.27. The molecule has 6 heteroatoms. The minimum Gasteiger partial charge on any atom is -0.381 e. The fourth-order valence-corrected chi connectivity index (χ4v) is 2.13. The summed E-state index contributed by atoms with van der Waals surface area (Å²) in [4.78, 5) is 0. The van der Waals surface area contributed by atoms with Crippen LogP contribution in [0.25, 0.3) is 0 Å². The van der Waals surface area contributed by atoms with Gasteiger partial charge in [-0.2, -0.15) is 5.21 Å². The van der Waals surface area contributed by atoms with Crippen molar-refractivity contribution in [2.45, 2.75) is 25.8 Å². The minimum atomic E-state index is 0.335. The lowest BCUT2D eigenvalue weighted by Crippen LogP contribution is -2.24. The van der Waals surface area contributed by atoms with Crippen LogP contribution < -0.4 is 0 Å². The molecule has 1 fully saturated rings. The standard InChI is InChI=1S/C8H14N4OS/c1-6(7-2-4-13-5-3-7)12-8(14)9-10-11-12/h6-7H,2-5H2,1H3,(H,9,11,14). The van der Waals surface area contributed by atoms with Crippen LogP contribution in [-0.4, -0.2) is 33.4 Å². The smallest absolute Gasteiger partial charge is 0.238 e. The van der Waals surface area contributed by atoms with E-state index in [1.54, 1.807) is 0 Å². The highest BCUT2D eigenvalue weighted by Crippen LogP contribution is 2.26. The summed E-state index contributed by atoms with van der Waals surface area (Å²) in [6.45, 7) is 3.85. The average Bonchev–Trinajstić information content (AvgIpc) is 2.65. The molecule has 78 valence electrons. The van der Waals surface area contributed by atoms with Crippen molar-refractivity contribution in [3.8, 4) is 0 Å². The summed E-state index contributed by atoms with van der Waals surface area (Å²) >= 11 is 5.06. The van der Waals surface area contributed by atoms with E-state index in [4.69, 9.17) is 17.0 Å². The van der Waals surface area contributed by atoms with Gasteiger partial charge in [0.2, 0.25) is 4.77 Å². The number of tetrazole rings is 1. The molecule has 14 heavy (non-hydrogen) atoms. The third kappa shape index (κ3) is 1.85. The molecule has 0 spiro atoms. The highest BCUT2D eigenvalue weighted by molar-refractivity contribution is 7.71. The van der Waals surface area contributed by atoms with Crippen molar-refractivity contribution in [3.63, 3.8) is 0 Å². The van der Waals surface area contributed by atoms with E-state index in [2.05, 4.69) is 22.4 Å². The molecule has 1 unspecified atom stereocenters. The zero-order valence-electron chi connectivity index (χ0n) is 8.14. The predicted molar refractivity (Wildman–Crippen MR) is 53.5 cm³/mol. The number of hydrogen-bond donors (Lipinski definition) is 1. The van der Waals surface area contributed by atoms with Crippen molar-refractivity contribution in [2.75, 3.05) is 13.2 Å². The van der Waals surface area contributed by atoms with E-state index in [9.17, 15) is 0 Å². The van der Waals surface area contributed by atoms with Crippen molar-refractivity contribution in [1.82, 2.24) is 20.2 Å². The van der Waals surface area contributed by atoms with Gasteiger partial charge in [-0.25, -0.2) is 4.68 Å². The Morgan fingerprint density at radius 1 is 1.57 bits per heavy atom. The molecule has 0 aromatic carbocycles. The Kier molecular flexibility index (Phi) is 2.93. The van der Waals surface area contributed by atoms with Crippen LogP contribution in [0.4, 0.5) is 0 Å². The topological polar surface area (TPSA) is 55.7 Å². The second-order valence-electron chi connectivity index (χ2n) is 3.64. The Labute approximate surface area is 87.4 Å². The van der Waals surface area contributed by atoms with Crippen molar-refractivity contribution in [1.29, 1.82) is 0 Å². The summed E-state index contributed by atoms with van der Waals surface area (Å²) in [6, 6.07) is 0.335. The van der Waals surface area contributed by atoms with Crippen LogP contribution >= 0.6 is 12.2 Å². The van der Waals surface area contributed by atoms with Crippen LogP contribution in [0, 0.1) is 10.7 Å². The van der Waals surface area contributed by atoms with Gasteiger partial charge in [0.1, 0.15) is 0 Å². The van der Waals surface area contributed by atoms with Crippen LogP contribution in [0.15, 0.2) is 0 Å². The van der Waals surface area contributed by atoms with E-state index in [-0.39, 0.29) is 0 Å². The number of H-pyrrole nitrogens is 1. The van der Waals surface area contributed by atoms with E-state index in [0.717, 1.165) is 26.1 Å². The molecule has 0 radical (unpaired) electrons. The van der Waals surface area contributed by atoms with Gasteiger partial charge < -0.3 is 4.74 Å². The summed E-state index contributed by atoms with van der Waals surface area (Å²) in [6.07, 6.45) is 2.17. The summed E-state index contributed by atoms with van der Waals surface area (Å²) in [5, 5.41) is 10.3. The molecule has 1 aromatic heterocycles. The van der Waals surface area contributed by atoms with Crippen molar-refractivity contribution < 1.29 is 4.74 Å². The quantitative estimate of drug-likeness (QED) is 0.754. The normalized spacial score (nSPS) is 20.9. The zero-order valence-corrected chi connectivity index (χ0v) is 8.96. The average molecular weight is 214 g/mol. The molecule has 0 aliphatic carbocycles. The minimum absolute atomic E-state index is 0.335. The summed E-state index contributed by atoms with van der Waals surface area (Å²) in [7, 11) is 0. The molecule has 1 atom stereocenters. The molecule has 2 heterocycles. The predicted octanol–water partition coefficient (Wildman–Crippen LogP) is 1.32. The first-order valence-corrected chi connectivity index (χ1v) is 5.27. The van der Waals surface area contributed by atoms with Gasteiger partial charge >= 0.3 is 0 Å². The number of nitrogens with zero attached hydrogens (tertiary/aromatic N) is 3. The van der Waals surface area contributed by atoms with E-state index >= 15 is 0 Å². The van der Waals surface area contributed by atoms with E-state index in [1.165, 1.54) is 0 Å². The van der Waals surface area contributed by atoms with Gasteiger partial charge in [0, 0.05) is 13.2 Å². The largest absolute Gasteiger partial charge is 0.381 e. The maximum absolute atomic E-state index is 5.32. The van der Waals surface area contributed by atoms with Crippen LogP contribution in [0.3, 0.4) is 0 Å². The Morgan fingerprint density at radius 3 is 2.86 bits per heavy atom. The number of rotatable bonds is 2. The van der Waals surface area contributed by atoms with Crippen LogP contribution in [0.2, 0.25) is 0 Å². The third-order valence-corrected chi connectivity index (χ3v) is 3.13. The van der Waals surface area contributed by atoms with Crippen molar-refractivity contribution >= 4 is 12.2 Å². The highest BCUT2D eigenvalue weighted by Gasteiger charge is 2.22. The summed E-state index contributed by atoms with van der Waals surface area (Å²) in [5.74, 6) is 0.609. The van der Waals surface area contributed by atoms with E-state index in [0.29, 0.717) is 16.7 Å². The van der Waals surface area contributed by atoms with Crippen molar-refractivity contribution in [2.24, 2.45) is 5.92 Å². The second-order valence-corrected chi connectivity index (χ2v) is 4.01. The third-order valence-electron chi connectivity index (χ3n) is 2.85. The molecular weight excluding hydrogens is 200 g/mol. The second kappa shape index (κ2) is 4.18. The van der Waals surface area contributed by atoms with Gasteiger partial charge in [0.05, 0.1) is 6.04 Å². The number of aromatic nitrogens is 4. The van der Waals surface area contributed by atoms with Gasteiger partial charge in [0.25, 0.3) is 0 Å². The highest BCUT2D eigenvalue weighted by atomic mass is 32.1. The molecule has 0 saturated carbocycles. The molecule has 1 aliphatic rings. The van der Waals surface area contributed by atoms with Gasteiger partial charge in [-0.05, 0) is 37.9 Å². The van der Waals surface area contributed by atoms with Crippen LogP contribution in [0.5, 0.6) is 0 Å². The van der Waals surface area contributed by atoms with Crippen LogP contribution in [0.1, 0.15) is 25.8 Å². The SMILES string of the molecule is CC(C1CCOCC1)n1[nH]nnc1=S. The molecule has 1 aliphatic heterocycles. The Balaban J connectivity index is 2.11. The zero-order chi connectivity index (χ0) is 9.97. The molecular formula is C8H14N4OS. The molecule has 1 N–H and O–H groups in total. The van der Waals surface area contributed by atoms with Crippen LogP contribution in [-0.2, 0) is 4.74 Å². The maximum Gasteiger partial charge on any atom is 0.238 e.